The van der Waals surface area contributed by atoms with Crippen LogP contribution in [0.4, 0.5) is 0 Å². The third-order valence-corrected chi connectivity index (χ3v) is 4.73. The van der Waals surface area contributed by atoms with Gasteiger partial charge in [0.05, 0.1) is 11.6 Å². The molecule has 3 atom stereocenters. The Bertz CT molecular complexity index is 738. The van der Waals surface area contributed by atoms with E-state index in [9.17, 15) is 0 Å². The van der Waals surface area contributed by atoms with Crippen molar-refractivity contribution in [3.8, 4) is 17.3 Å². The SMILES string of the molecule is N#Cc1ccc(-c2cc(C=CC3CN4CCC3C4)on2)cc1. The normalized spacial score (nSPS) is 26.6. The molecule has 0 aliphatic carbocycles. The number of benzene rings is 1. The van der Waals surface area contributed by atoms with Crippen molar-refractivity contribution in [1.29, 1.82) is 5.26 Å². The van der Waals surface area contributed by atoms with Gasteiger partial charge in [-0.3, -0.25) is 0 Å². The molecule has 1 aromatic heterocycles. The van der Waals surface area contributed by atoms with Crippen molar-refractivity contribution in [3.05, 3.63) is 47.7 Å². The van der Waals surface area contributed by atoms with Crippen molar-refractivity contribution >= 4 is 6.08 Å². The number of aromatic nitrogens is 1. The Kier molecular flexibility index (Phi) is 3.28. The zero-order valence-corrected chi connectivity index (χ0v) is 12.3. The number of hydrogen-bond donors (Lipinski definition) is 0. The summed E-state index contributed by atoms with van der Waals surface area (Å²) in [5, 5.41) is 12.9. The quantitative estimate of drug-likeness (QED) is 0.871. The van der Waals surface area contributed by atoms with Crippen LogP contribution in [0.15, 0.2) is 40.9 Å². The van der Waals surface area contributed by atoms with Gasteiger partial charge in [-0.2, -0.15) is 5.26 Å². The Morgan fingerprint density at radius 1 is 1.27 bits per heavy atom. The van der Waals surface area contributed by atoms with Gasteiger partial charge in [-0.15, -0.1) is 0 Å². The Labute approximate surface area is 129 Å². The molecule has 110 valence electrons. The molecule has 0 saturated carbocycles. The lowest BCUT2D eigenvalue weighted by atomic mass is 9.92. The number of rotatable bonds is 3. The smallest absolute Gasteiger partial charge is 0.159 e. The van der Waals surface area contributed by atoms with Gasteiger partial charge in [0, 0.05) is 24.7 Å². The van der Waals surface area contributed by atoms with Crippen LogP contribution in [0.2, 0.25) is 0 Å². The highest BCUT2D eigenvalue weighted by molar-refractivity contribution is 5.62. The number of hydrogen-bond acceptors (Lipinski definition) is 4. The molecule has 2 fully saturated rings. The van der Waals surface area contributed by atoms with E-state index < -0.39 is 0 Å². The highest BCUT2D eigenvalue weighted by atomic mass is 16.5. The molecule has 0 spiro atoms. The summed E-state index contributed by atoms with van der Waals surface area (Å²) in [6, 6.07) is 11.4. The summed E-state index contributed by atoms with van der Waals surface area (Å²) in [6.45, 7) is 3.69. The molecular weight excluding hydrogens is 274 g/mol. The maximum Gasteiger partial charge on any atom is 0.159 e. The molecule has 2 aromatic rings. The van der Waals surface area contributed by atoms with E-state index >= 15 is 0 Å². The first-order valence-corrected chi connectivity index (χ1v) is 7.69. The fourth-order valence-electron chi connectivity index (χ4n) is 3.48. The average Bonchev–Trinajstić information content (AvgIpc) is 3.29. The molecular formula is C18H17N3O. The molecule has 4 heteroatoms. The van der Waals surface area contributed by atoms with Crippen molar-refractivity contribution in [3.63, 3.8) is 0 Å². The van der Waals surface area contributed by atoms with Crippen molar-refractivity contribution in [2.75, 3.05) is 19.6 Å². The Morgan fingerprint density at radius 3 is 2.82 bits per heavy atom. The molecule has 22 heavy (non-hydrogen) atoms. The van der Waals surface area contributed by atoms with E-state index in [2.05, 4.69) is 22.2 Å². The van der Waals surface area contributed by atoms with Crippen LogP contribution in [-0.2, 0) is 0 Å². The molecule has 1 aromatic carbocycles. The minimum atomic E-state index is 0.650. The predicted molar refractivity (Wildman–Crippen MR) is 83.7 cm³/mol. The molecule has 2 bridgehead atoms. The summed E-state index contributed by atoms with van der Waals surface area (Å²) < 4.78 is 5.40. The van der Waals surface area contributed by atoms with Gasteiger partial charge in [-0.25, -0.2) is 0 Å². The molecule has 3 heterocycles. The predicted octanol–water partition coefficient (Wildman–Crippen LogP) is 3.18. The van der Waals surface area contributed by atoms with Gasteiger partial charge in [-0.1, -0.05) is 23.4 Å². The first kappa shape index (κ1) is 13.3. The van der Waals surface area contributed by atoms with E-state index in [1.807, 2.05) is 24.3 Å². The molecule has 2 saturated heterocycles. The maximum absolute atomic E-state index is 8.83. The van der Waals surface area contributed by atoms with Crippen LogP contribution >= 0.6 is 0 Å². The van der Waals surface area contributed by atoms with E-state index in [1.54, 1.807) is 12.1 Å². The molecule has 2 aliphatic heterocycles. The van der Waals surface area contributed by atoms with Crippen molar-refractivity contribution in [2.45, 2.75) is 6.42 Å². The van der Waals surface area contributed by atoms with Gasteiger partial charge in [0.25, 0.3) is 0 Å². The Balaban J connectivity index is 1.48. The van der Waals surface area contributed by atoms with Gasteiger partial charge in [0.15, 0.2) is 5.76 Å². The van der Waals surface area contributed by atoms with Crippen LogP contribution in [0, 0.1) is 23.2 Å². The number of fused-ring (bicyclic) bond motifs is 2. The number of nitriles is 1. The fraction of sp³-hybridized carbons (Fsp3) is 0.333. The highest BCUT2D eigenvalue weighted by Crippen LogP contribution is 2.34. The monoisotopic (exact) mass is 291 g/mol. The number of nitrogens with zero attached hydrogens (tertiary/aromatic N) is 3. The van der Waals surface area contributed by atoms with Crippen LogP contribution in [0.5, 0.6) is 0 Å². The van der Waals surface area contributed by atoms with Gasteiger partial charge in [-0.05, 0) is 43.0 Å². The van der Waals surface area contributed by atoms with Crippen LogP contribution in [0.25, 0.3) is 17.3 Å². The van der Waals surface area contributed by atoms with Crippen LogP contribution in [-0.4, -0.2) is 29.7 Å². The van der Waals surface area contributed by atoms with Crippen molar-refractivity contribution < 1.29 is 4.52 Å². The molecule has 2 aliphatic rings. The minimum Gasteiger partial charge on any atom is -0.356 e. The summed E-state index contributed by atoms with van der Waals surface area (Å²) in [7, 11) is 0. The van der Waals surface area contributed by atoms with Crippen molar-refractivity contribution in [2.24, 2.45) is 11.8 Å². The molecule has 4 rings (SSSR count). The van der Waals surface area contributed by atoms with Crippen molar-refractivity contribution in [1.82, 2.24) is 10.1 Å². The zero-order valence-electron chi connectivity index (χ0n) is 12.3. The average molecular weight is 291 g/mol. The summed E-state index contributed by atoms with van der Waals surface area (Å²) in [6.07, 6.45) is 5.64. The lowest BCUT2D eigenvalue weighted by Gasteiger charge is -2.18. The largest absolute Gasteiger partial charge is 0.356 e. The van der Waals surface area contributed by atoms with E-state index in [0.29, 0.717) is 11.5 Å². The fourth-order valence-corrected chi connectivity index (χ4v) is 3.48. The van der Waals surface area contributed by atoms with Gasteiger partial charge >= 0.3 is 0 Å². The lowest BCUT2D eigenvalue weighted by molar-refractivity contribution is 0.334. The highest BCUT2D eigenvalue weighted by Gasteiger charge is 2.36. The Hall–Kier alpha value is -2.38. The number of piperidine rings is 1. The second-order valence-corrected chi connectivity index (χ2v) is 6.13. The third-order valence-electron chi connectivity index (χ3n) is 4.73. The van der Waals surface area contributed by atoms with E-state index in [1.165, 1.54) is 26.1 Å². The Morgan fingerprint density at radius 2 is 2.14 bits per heavy atom. The van der Waals surface area contributed by atoms with Crippen LogP contribution in [0.3, 0.4) is 0 Å². The van der Waals surface area contributed by atoms with Crippen LogP contribution in [0.1, 0.15) is 17.7 Å². The molecule has 0 amide bonds. The summed E-state index contributed by atoms with van der Waals surface area (Å²) in [5.74, 6) is 2.26. The summed E-state index contributed by atoms with van der Waals surface area (Å²) >= 11 is 0. The molecule has 0 N–H and O–H groups in total. The molecule has 0 radical (unpaired) electrons. The first-order chi connectivity index (χ1) is 10.8. The second-order valence-electron chi connectivity index (χ2n) is 6.13. The molecule has 4 nitrogen and oxygen atoms in total. The van der Waals surface area contributed by atoms with E-state index in [4.69, 9.17) is 9.78 Å². The van der Waals surface area contributed by atoms with E-state index in [0.717, 1.165) is 22.9 Å². The maximum atomic E-state index is 8.83. The summed E-state index contributed by atoms with van der Waals surface area (Å²) in [4.78, 5) is 2.53. The first-order valence-electron chi connectivity index (χ1n) is 7.69. The van der Waals surface area contributed by atoms with Gasteiger partial charge < -0.3 is 9.42 Å². The lowest BCUT2D eigenvalue weighted by Crippen LogP contribution is -2.21. The van der Waals surface area contributed by atoms with Gasteiger partial charge in [0.2, 0.25) is 0 Å². The van der Waals surface area contributed by atoms with E-state index in [-0.39, 0.29) is 0 Å². The van der Waals surface area contributed by atoms with Gasteiger partial charge in [0.1, 0.15) is 5.69 Å². The minimum absolute atomic E-state index is 0.650. The van der Waals surface area contributed by atoms with Crippen LogP contribution < -0.4 is 0 Å². The zero-order chi connectivity index (χ0) is 14.9. The third kappa shape index (κ3) is 2.44. The topological polar surface area (TPSA) is 53.1 Å². The molecule has 3 unspecified atom stereocenters. The second kappa shape index (κ2) is 5.43. The summed E-state index contributed by atoms with van der Waals surface area (Å²) in [5.41, 5.74) is 2.42. The standard InChI is InChI=1S/C18H17N3O/c19-10-13-1-3-14(4-2-13)18-9-17(22-20-18)6-5-15-11-21-8-7-16(15)12-21/h1-6,9,15-16H,7-8,11-12H2.